The van der Waals surface area contributed by atoms with Gasteiger partial charge in [0, 0.05) is 6.07 Å². The molecule has 0 atom stereocenters. The van der Waals surface area contributed by atoms with Crippen molar-refractivity contribution in [1.82, 2.24) is 4.37 Å². The van der Waals surface area contributed by atoms with Crippen molar-refractivity contribution in [2.24, 2.45) is 0 Å². The first-order valence-corrected chi connectivity index (χ1v) is 6.78. The lowest BCUT2D eigenvalue weighted by molar-refractivity contribution is 1.63. The molecule has 1 aromatic heterocycles. The van der Waals surface area contributed by atoms with Crippen LogP contribution < -0.4 is 0 Å². The van der Waals surface area contributed by atoms with E-state index in [0.29, 0.717) is 0 Å². The normalized spacial score (nSPS) is 10.7. The molecule has 0 aliphatic rings. The molecular formula is C12H8NS2+. The van der Waals surface area contributed by atoms with Crippen LogP contribution in [0.4, 0.5) is 0 Å². The van der Waals surface area contributed by atoms with E-state index in [1.54, 1.807) is 20.9 Å². The molecule has 3 aromatic rings. The Morgan fingerprint density at radius 1 is 0.933 bits per heavy atom. The highest BCUT2D eigenvalue weighted by Crippen LogP contribution is 2.27. The van der Waals surface area contributed by atoms with Crippen LogP contribution in [0.1, 0.15) is 0 Å². The minimum absolute atomic E-state index is 1.10. The number of fused-ring (bicyclic) bond motifs is 1. The zero-order valence-electron chi connectivity index (χ0n) is 7.88. The Bertz CT molecular complexity index is 587. The van der Waals surface area contributed by atoms with Crippen LogP contribution in [-0.4, -0.2) is 4.37 Å². The summed E-state index contributed by atoms with van der Waals surface area (Å²) in [4.78, 5) is 0. The molecule has 0 saturated carbocycles. The van der Waals surface area contributed by atoms with Crippen LogP contribution in [-0.2, 0) is 0 Å². The minimum Gasteiger partial charge on any atom is -0.135 e. The maximum atomic E-state index is 4.31. The number of rotatable bonds is 1. The van der Waals surface area contributed by atoms with Gasteiger partial charge in [-0.2, -0.15) is 0 Å². The maximum absolute atomic E-state index is 4.31. The first-order chi connectivity index (χ1) is 7.43. The summed E-state index contributed by atoms with van der Waals surface area (Å²) in [6.45, 7) is 0. The van der Waals surface area contributed by atoms with Crippen LogP contribution in [0, 0.1) is 0 Å². The van der Waals surface area contributed by atoms with E-state index in [1.807, 2.05) is 6.07 Å². The van der Waals surface area contributed by atoms with E-state index in [2.05, 4.69) is 46.8 Å². The lowest BCUT2D eigenvalue weighted by Gasteiger charge is -1.98. The van der Waals surface area contributed by atoms with E-state index in [4.69, 9.17) is 0 Å². The molecular weight excluding hydrogens is 222 g/mol. The third-order valence-electron chi connectivity index (χ3n) is 2.33. The Morgan fingerprint density at radius 3 is 2.67 bits per heavy atom. The summed E-state index contributed by atoms with van der Waals surface area (Å²) < 4.78 is 5.58. The molecule has 0 saturated heterocycles. The fourth-order valence-electron chi connectivity index (χ4n) is 1.57. The fraction of sp³-hybridized carbons (Fsp3) is 0. The molecule has 72 valence electrons. The number of benzene rings is 2. The van der Waals surface area contributed by atoms with Crippen molar-refractivity contribution in [2.45, 2.75) is 0 Å². The van der Waals surface area contributed by atoms with Gasteiger partial charge in [-0.05, 0) is 17.2 Å². The monoisotopic (exact) mass is 230 g/mol. The minimum atomic E-state index is 1.10. The number of hydrogen-bond donors (Lipinski definition) is 0. The molecule has 1 nitrogen and oxygen atoms in total. The van der Waals surface area contributed by atoms with Gasteiger partial charge < -0.3 is 0 Å². The molecule has 0 radical (unpaired) electrons. The highest BCUT2D eigenvalue weighted by atomic mass is 32.9. The average Bonchev–Trinajstić information content (AvgIpc) is 2.77. The van der Waals surface area contributed by atoms with Crippen molar-refractivity contribution in [2.75, 3.05) is 0 Å². The maximum Gasteiger partial charge on any atom is 0.323 e. The number of aromatic nitrogens is 1. The third kappa shape index (κ3) is 1.64. The standard InChI is InChI=1S/C12H8NS2/c1-2-4-9(5-3-1)10-6-7-11-12(8-10)14-15-13-11/h1-8H/q+1. The van der Waals surface area contributed by atoms with Gasteiger partial charge in [-0.3, -0.25) is 0 Å². The van der Waals surface area contributed by atoms with E-state index >= 15 is 0 Å². The molecule has 0 spiro atoms. The molecule has 0 N–H and O–H groups in total. The van der Waals surface area contributed by atoms with E-state index < -0.39 is 0 Å². The second kappa shape index (κ2) is 3.68. The highest BCUT2D eigenvalue weighted by Gasteiger charge is 2.10. The smallest absolute Gasteiger partial charge is 0.135 e. The number of hydrogen-bond acceptors (Lipinski definition) is 2. The van der Waals surface area contributed by atoms with Crippen molar-refractivity contribution >= 4 is 31.1 Å². The third-order valence-corrected chi connectivity index (χ3v) is 4.17. The molecule has 1 heterocycles. The van der Waals surface area contributed by atoms with Gasteiger partial charge in [-0.25, -0.2) is 0 Å². The van der Waals surface area contributed by atoms with Gasteiger partial charge in [-0.15, -0.1) is 4.37 Å². The summed E-state index contributed by atoms with van der Waals surface area (Å²) >= 11 is 0. The van der Waals surface area contributed by atoms with Crippen molar-refractivity contribution in [3.63, 3.8) is 0 Å². The highest BCUT2D eigenvalue weighted by molar-refractivity contribution is 7.69. The average molecular weight is 230 g/mol. The molecule has 0 bridgehead atoms. The molecule has 0 unspecified atom stereocenters. The Balaban J connectivity index is 2.19. The molecule has 0 aliphatic carbocycles. The fourth-order valence-corrected chi connectivity index (χ4v) is 3.35. The predicted octanol–water partition coefficient (Wildman–Crippen LogP) is 4.31. The van der Waals surface area contributed by atoms with Crippen LogP contribution in [0.15, 0.2) is 48.5 Å². The predicted molar refractivity (Wildman–Crippen MR) is 67.3 cm³/mol. The van der Waals surface area contributed by atoms with Crippen LogP contribution in [0.2, 0.25) is 0 Å². The Kier molecular flexibility index (Phi) is 2.19. The second-order valence-electron chi connectivity index (χ2n) is 3.30. The summed E-state index contributed by atoms with van der Waals surface area (Å²) in [5.41, 5.74) is 3.63. The number of nitrogens with zero attached hydrogens (tertiary/aromatic N) is 1. The van der Waals surface area contributed by atoms with Gasteiger partial charge in [0.1, 0.15) is 5.52 Å². The Labute approximate surface area is 95.2 Å². The van der Waals surface area contributed by atoms with Crippen LogP contribution in [0.5, 0.6) is 0 Å². The zero-order valence-corrected chi connectivity index (χ0v) is 9.52. The van der Waals surface area contributed by atoms with E-state index in [0.717, 1.165) is 5.52 Å². The SMILES string of the molecule is c1ccc(-c2ccc3ns[s+]c3c2)cc1. The largest absolute Gasteiger partial charge is 0.323 e. The summed E-state index contributed by atoms with van der Waals surface area (Å²) in [7, 11) is 3.28. The van der Waals surface area contributed by atoms with Gasteiger partial charge in [0.25, 0.3) is 15.2 Å². The summed E-state index contributed by atoms with van der Waals surface area (Å²) in [5, 5.41) is 0. The summed E-state index contributed by atoms with van der Waals surface area (Å²) in [5.74, 6) is 0. The molecule has 0 aliphatic heterocycles. The van der Waals surface area contributed by atoms with Gasteiger partial charge in [0.05, 0.1) is 0 Å². The van der Waals surface area contributed by atoms with Crippen molar-refractivity contribution in [3.8, 4) is 11.1 Å². The van der Waals surface area contributed by atoms with Crippen molar-refractivity contribution < 1.29 is 0 Å². The zero-order chi connectivity index (χ0) is 10.1. The van der Waals surface area contributed by atoms with Crippen LogP contribution >= 0.6 is 20.9 Å². The molecule has 0 fully saturated rings. The van der Waals surface area contributed by atoms with Crippen molar-refractivity contribution in [3.05, 3.63) is 48.5 Å². The molecule has 3 rings (SSSR count). The lowest BCUT2D eigenvalue weighted by Crippen LogP contribution is -1.75. The summed E-state index contributed by atoms with van der Waals surface area (Å²) in [6.07, 6.45) is 0. The van der Waals surface area contributed by atoms with Gasteiger partial charge in [-0.1, -0.05) is 36.4 Å². The molecule has 15 heavy (non-hydrogen) atoms. The quantitative estimate of drug-likeness (QED) is 0.448. The Hall–Kier alpha value is -1.32. The van der Waals surface area contributed by atoms with E-state index in [9.17, 15) is 0 Å². The second-order valence-corrected chi connectivity index (χ2v) is 5.18. The first kappa shape index (κ1) is 8.95. The van der Waals surface area contributed by atoms with E-state index in [-0.39, 0.29) is 0 Å². The molecule has 3 heteroatoms. The van der Waals surface area contributed by atoms with Crippen LogP contribution in [0.3, 0.4) is 0 Å². The van der Waals surface area contributed by atoms with Gasteiger partial charge in [0.2, 0.25) is 0 Å². The van der Waals surface area contributed by atoms with Crippen molar-refractivity contribution in [1.29, 1.82) is 0 Å². The van der Waals surface area contributed by atoms with E-state index in [1.165, 1.54) is 15.8 Å². The lowest BCUT2D eigenvalue weighted by atomic mass is 10.1. The first-order valence-electron chi connectivity index (χ1n) is 4.68. The summed E-state index contributed by atoms with van der Waals surface area (Å²) in [6, 6.07) is 16.9. The molecule has 0 amide bonds. The topological polar surface area (TPSA) is 12.9 Å². The van der Waals surface area contributed by atoms with Gasteiger partial charge in [0.15, 0.2) is 0 Å². The van der Waals surface area contributed by atoms with Crippen LogP contribution in [0.25, 0.3) is 21.3 Å². The molecule has 2 aromatic carbocycles. The Morgan fingerprint density at radius 2 is 1.80 bits per heavy atom. The van der Waals surface area contributed by atoms with Gasteiger partial charge >= 0.3 is 10.3 Å².